The van der Waals surface area contributed by atoms with Gasteiger partial charge in [-0.15, -0.1) is 0 Å². The Kier molecular flexibility index (Phi) is 5.56. The maximum atomic E-state index is 14.6. The molecule has 0 N–H and O–H groups in total. The quantitative estimate of drug-likeness (QED) is 0.312. The minimum Gasteiger partial charge on any atom is -0.323 e. The van der Waals surface area contributed by atoms with Crippen molar-refractivity contribution in [1.82, 2.24) is 9.55 Å². The van der Waals surface area contributed by atoms with Gasteiger partial charge in [0, 0.05) is 35.2 Å². The van der Waals surface area contributed by atoms with E-state index in [2.05, 4.69) is 0 Å². The fourth-order valence-electron chi connectivity index (χ4n) is 4.39. The average Bonchev–Trinajstić information content (AvgIpc) is 3.36. The molecule has 3 aromatic carbocycles. The van der Waals surface area contributed by atoms with Crippen LogP contribution in [0.4, 0.5) is 23.2 Å². The molecule has 34 heavy (non-hydrogen) atoms. The van der Waals surface area contributed by atoms with Gasteiger partial charge in [-0.25, -0.2) is 9.37 Å². The van der Waals surface area contributed by atoms with Crippen molar-refractivity contribution in [3.05, 3.63) is 94.5 Å². The molecule has 5 rings (SSSR count). The molecule has 4 nitrogen and oxygen atoms in total. The summed E-state index contributed by atoms with van der Waals surface area (Å²) >= 11 is 6.26. The van der Waals surface area contributed by atoms with Crippen molar-refractivity contribution < 1.29 is 22.4 Å². The van der Waals surface area contributed by atoms with E-state index in [1.54, 1.807) is 6.07 Å². The summed E-state index contributed by atoms with van der Waals surface area (Å²) in [6, 6.07) is 16.5. The van der Waals surface area contributed by atoms with E-state index in [-0.39, 0.29) is 42.0 Å². The van der Waals surface area contributed by atoms with Crippen LogP contribution >= 0.6 is 11.6 Å². The summed E-state index contributed by atoms with van der Waals surface area (Å²) in [7, 11) is 0. The first-order valence-electron chi connectivity index (χ1n) is 10.6. The van der Waals surface area contributed by atoms with Gasteiger partial charge >= 0.3 is 6.18 Å². The van der Waals surface area contributed by atoms with E-state index >= 15 is 0 Å². The second-order valence-electron chi connectivity index (χ2n) is 8.20. The number of anilines is 1. The molecule has 0 aliphatic carbocycles. The number of hydrogen-bond acceptors (Lipinski definition) is 2. The Labute approximate surface area is 197 Å². The molecule has 0 saturated carbocycles. The molecule has 1 atom stereocenters. The van der Waals surface area contributed by atoms with Crippen LogP contribution in [0.5, 0.6) is 0 Å². The molecule has 1 saturated heterocycles. The first-order chi connectivity index (χ1) is 16.2. The van der Waals surface area contributed by atoms with Crippen molar-refractivity contribution in [2.45, 2.75) is 25.1 Å². The number of carbonyl (C=O) groups is 1. The third-order valence-electron chi connectivity index (χ3n) is 6.04. The number of imidazole rings is 1. The van der Waals surface area contributed by atoms with Gasteiger partial charge in [0.15, 0.2) is 0 Å². The molecule has 1 amide bonds. The molecule has 0 spiro atoms. The number of aromatic nitrogens is 2. The number of nitrogens with zero attached hydrogens (tertiary/aromatic N) is 3. The second-order valence-corrected chi connectivity index (χ2v) is 8.61. The highest BCUT2D eigenvalue weighted by Gasteiger charge is 2.37. The van der Waals surface area contributed by atoms with Gasteiger partial charge in [-0.1, -0.05) is 35.9 Å². The summed E-state index contributed by atoms with van der Waals surface area (Å²) in [4.78, 5) is 18.9. The van der Waals surface area contributed by atoms with Crippen molar-refractivity contribution >= 4 is 34.2 Å². The third kappa shape index (κ3) is 4.03. The largest absolute Gasteiger partial charge is 0.416 e. The Bertz CT molecular complexity index is 1380. The van der Waals surface area contributed by atoms with Crippen molar-refractivity contribution in [1.29, 1.82) is 0 Å². The normalized spacial score (nSPS) is 16.6. The summed E-state index contributed by atoms with van der Waals surface area (Å²) < 4.78 is 55.9. The van der Waals surface area contributed by atoms with Crippen LogP contribution in [0.1, 0.15) is 29.3 Å². The molecule has 4 aromatic rings. The lowest BCUT2D eigenvalue weighted by atomic mass is 10.1. The highest BCUT2D eigenvalue weighted by atomic mass is 35.5. The number of carbonyl (C=O) groups excluding carboxylic acids is 1. The Morgan fingerprint density at radius 1 is 1.03 bits per heavy atom. The summed E-state index contributed by atoms with van der Waals surface area (Å²) in [6.07, 6.45) is -4.43. The zero-order valence-corrected chi connectivity index (χ0v) is 18.4. The maximum absolute atomic E-state index is 14.6. The highest BCUT2D eigenvalue weighted by molar-refractivity contribution is 6.31. The highest BCUT2D eigenvalue weighted by Crippen LogP contribution is 2.37. The van der Waals surface area contributed by atoms with Crippen molar-refractivity contribution in [2.24, 2.45) is 0 Å². The zero-order valence-electron chi connectivity index (χ0n) is 17.7. The topological polar surface area (TPSA) is 38.1 Å². The number of rotatable bonds is 4. The molecule has 174 valence electrons. The minimum atomic E-state index is -4.51. The van der Waals surface area contributed by atoms with Crippen LogP contribution in [0, 0.1) is 5.82 Å². The molecule has 9 heteroatoms. The molecule has 0 radical (unpaired) electrons. The van der Waals surface area contributed by atoms with E-state index in [4.69, 9.17) is 16.6 Å². The lowest BCUT2D eigenvalue weighted by molar-refractivity contribution is -0.137. The molecule has 1 aliphatic heterocycles. The molecule has 2 heterocycles. The smallest absolute Gasteiger partial charge is 0.323 e. The van der Waals surface area contributed by atoms with Gasteiger partial charge in [-0.3, -0.25) is 4.79 Å². The average molecular weight is 488 g/mol. The van der Waals surface area contributed by atoms with Crippen LogP contribution < -0.4 is 4.90 Å². The van der Waals surface area contributed by atoms with Crippen molar-refractivity contribution in [3.63, 3.8) is 0 Å². The van der Waals surface area contributed by atoms with Gasteiger partial charge in [0.2, 0.25) is 5.91 Å². The van der Waals surface area contributed by atoms with E-state index in [0.717, 1.165) is 17.6 Å². The number of amides is 1. The lowest BCUT2D eigenvalue weighted by Crippen LogP contribution is -2.25. The number of fused-ring (bicyclic) bond motifs is 1. The molecule has 1 fully saturated rings. The van der Waals surface area contributed by atoms with Gasteiger partial charge in [-0.05, 0) is 42.5 Å². The molecule has 0 bridgehead atoms. The lowest BCUT2D eigenvalue weighted by Gasteiger charge is -2.19. The second kappa shape index (κ2) is 8.43. The number of alkyl halides is 3. The molecule has 0 unspecified atom stereocenters. The first-order valence-corrected chi connectivity index (χ1v) is 11.0. The number of benzene rings is 3. The van der Waals surface area contributed by atoms with Crippen LogP contribution in [0.25, 0.3) is 11.0 Å². The summed E-state index contributed by atoms with van der Waals surface area (Å²) in [5, 5.41) is 0.275. The molecular formula is C25H18ClF4N3O. The Hall–Kier alpha value is -3.39. The van der Waals surface area contributed by atoms with Gasteiger partial charge in [0.25, 0.3) is 0 Å². The van der Waals surface area contributed by atoms with E-state index in [0.29, 0.717) is 16.9 Å². The fraction of sp³-hybridized carbons (Fsp3) is 0.200. The van der Waals surface area contributed by atoms with Crippen LogP contribution in [0.2, 0.25) is 5.02 Å². The number of halogens is 5. The summed E-state index contributed by atoms with van der Waals surface area (Å²) in [6.45, 7) is 0.268. The standard InChI is InChI=1S/C25H18ClF4N3O/c26-19-7-4-8-20(27)18(19)14-33-22-10-2-1-9-21(22)31-24(33)15-11-23(34)32(13-15)17-6-3-5-16(12-17)25(28,29)30/h1-10,12,15H,11,13-14H2/t15-/m1/s1. The van der Waals surface area contributed by atoms with Crippen LogP contribution in [0.15, 0.2) is 66.7 Å². The summed E-state index contributed by atoms with van der Waals surface area (Å²) in [5.41, 5.74) is 1.09. The number of para-hydroxylation sites is 2. The molecule has 1 aliphatic rings. The Balaban J connectivity index is 1.53. The van der Waals surface area contributed by atoms with Crippen LogP contribution in [0.3, 0.4) is 0 Å². The van der Waals surface area contributed by atoms with Crippen LogP contribution in [-0.2, 0) is 17.5 Å². The Morgan fingerprint density at radius 3 is 2.56 bits per heavy atom. The van der Waals surface area contributed by atoms with E-state index in [9.17, 15) is 22.4 Å². The third-order valence-corrected chi connectivity index (χ3v) is 6.39. The van der Waals surface area contributed by atoms with Gasteiger partial charge in [-0.2, -0.15) is 13.2 Å². The maximum Gasteiger partial charge on any atom is 0.416 e. The van der Waals surface area contributed by atoms with Gasteiger partial charge in [0.1, 0.15) is 11.6 Å². The van der Waals surface area contributed by atoms with Crippen molar-refractivity contribution in [3.8, 4) is 0 Å². The SMILES string of the molecule is O=C1C[C@@H](c2nc3ccccc3n2Cc2c(F)cccc2Cl)CN1c1cccc(C(F)(F)F)c1. The van der Waals surface area contributed by atoms with E-state index < -0.39 is 17.6 Å². The van der Waals surface area contributed by atoms with Gasteiger partial charge in [0.05, 0.1) is 23.1 Å². The fourth-order valence-corrected chi connectivity index (χ4v) is 4.62. The van der Waals surface area contributed by atoms with Gasteiger partial charge < -0.3 is 9.47 Å². The Morgan fingerprint density at radius 2 is 1.79 bits per heavy atom. The van der Waals surface area contributed by atoms with E-state index in [1.807, 2.05) is 28.8 Å². The predicted molar refractivity (Wildman–Crippen MR) is 121 cm³/mol. The van der Waals surface area contributed by atoms with E-state index in [1.165, 1.54) is 29.2 Å². The number of hydrogen-bond donors (Lipinski definition) is 0. The molecular weight excluding hydrogens is 470 g/mol. The molecule has 1 aromatic heterocycles. The minimum absolute atomic E-state index is 0.0740. The summed E-state index contributed by atoms with van der Waals surface area (Å²) in [5.74, 6) is -0.584. The van der Waals surface area contributed by atoms with Crippen LogP contribution in [-0.4, -0.2) is 22.0 Å². The van der Waals surface area contributed by atoms with Crippen molar-refractivity contribution in [2.75, 3.05) is 11.4 Å². The zero-order chi connectivity index (χ0) is 24.0. The predicted octanol–water partition coefficient (Wildman–Crippen LogP) is 6.42. The first kappa shape index (κ1) is 22.4. The monoisotopic (exact) mass is 487 g/mol.